The molecule has 0 bridgehead atoms. The number of nitrogens with one attached hydrogen (secondary N) is 1. The Morgan fingerprint density at radius 1 is 1.27 bits per heavy atom. The molecule has 0 aliphatic rings. The summed E-state index contributed by atoms with van der Waals surface area (Å²) in [5.74, 6) is -0.427. The first-order valence-corrected chi connectivity index (χ1v) is 8.78. The molecule has 0 spiro atoms. The highest BCUT2D eigenvalue weighted by atomic mass is 79.9. The average Bonchev–Trinajstić information content (AvgIpc) is 3.08. The van der Waals surface area contributed by atoms with E-state index in [0.29, 0.717) is 17.1 Å². The second-order valence-electron chi connectivity index (χ2n) is 5.43. The SMILES string of the molecule is O=C(N/N=C\c1cc(Cl)ccc1O)c1ccn(Cc2ccc(Br)cc2)n1. The number of hydrogen-bond donors (Lipinski definition) is 2. The number of hydrazone groups is 1. The minimum absolute atomic E-state index is 0.0196. The first-order valence-electron chi connectivity index (χ1n) is 7.61. The van der Waals surface area contributed by atoms with Crippen molar-refractivity contribution in [3.63, 3.8) is 0 Å². The molecule has 132 valence electrons. The van der Waals surface area contributed by atoms with Crippen LogP contribution in [-0.4, -0.2) is 27.0 Å². The number of benzene rings is 2. The lowest BCUT2D eigenvalue weighted by molar-refractivity contribution is 0.0949. The standard InChI is InChI=1S/C18H14BrClN4O2/c19-14-3-1-12(2-4-14)11-24-8-7-16(23-24)18(26)22-21-10-13-9-15(20)5-6-17(13)25/h1-10,25H,11H2,(H,22,26)/b21-10-. The van der Waals surface area contributed by atoms with Crippen molar-refractivity contribution in [1.29, 1.82) is 0 Å². The molecule has 0 unspecified atom stereocenters. The zero-order valence-corrected chi connectivity index (χ0v) is 15.8. The van der Waals surface area contributed by atoms with Crippen molar-refractivity contribution in [2.75, 3.05) is 0 Å². The molecule has 2 N–H and O–H groups in total. The molecule has 0 saturated heterocycles. The van der Waals surface area contributed by atoms with E-state index in [0.717, 1.165) is 10.0 Å². The van der Waals surface area contributed by atoms with Crippen LogP contribution >= 0.6 is 27.5 Å². The third-order valence-electron chi connectivity index (χ3n) is 3.49. The summed E-state index contributed by atoms with van der Waals surface area (Å²) in [6, 6.07) is 14.0. The van der Waals surface area contributed by atoms with Crippen LogP contribution in [0.5, 0.6) is 5.75 Å². The third kappa shape index (κ3) is 4.71. The Balaban J connectivity index is 1.62. The average molecular weight is 434 g/mol. The predicted molar refractivity (Wildman–Crippen MR) is 104 cm³/mol. The predicted octanol–water partition coefficient (Wildman–Crippen LogP) is 3.82. The summed E-state index contributed by atoms with van der Waals surface area (Å²) in [6.45, 7) is 0.556. The van der Waals surface area contributed by atoms with Crippen molar-refractivity contribution in [1.82, 2.24) is 15.2 Å². The summed E-state index contributed by atoms with van der Waals surface area (Å²) in [5, 5.41) is 18.2. The number of phenolic OH excluding ortho intramolecular Hbond substituents is 1. The molecule has 1 heterocycles. The highest BCUT2D eigenvalue weighted by molar-refractivity contribution is 9.10. The van der Waals surface area contributed by atoms with Gasteiger partial charge in [0.05, 0.1) is 12.8 Å². The van der Waals surface area contributed by atoms with Crippen LogP contribution in [0.3, 0.4) is 0 Å². The van der Waals surface area contributed by atoms with Crippen LogP contribution in [0.4, 0.5) is 0 Å². The number of carbonyl (C=O) groups is 1. The van der Waals surface area contributed by atoms with Crippen molar-refractivity contribution >= 4 is 39.7 Å². The van der Waals surface area contributed by atoms with E-state index in [1.165, 1.54) is 12.3 Å². The number of phenols is 1. The highest BCUT2D eigenvalue weighted by Crippen LogP contribution is 2.19. The number of carbonyl (C=O) groups excluding carboxylic acids is 1. The molecule has 0 aliphatic carbocycles. The second-order valence-corrected chi connectivity index (χ2v) is 6.78. The number of rotatable bonds is 5. The van der Waals surface area contributed by atoms with Gasteiger partial charge in [0.1, 0.15) is 5.75 Å². The quantitative estimate of drug-likeness (QED) is 0.474. The Hall–Kier alpha value is -2.64. The van der Waals surface area contributed by atoms with Crippen LogP contribution in [0.15, 0.2) is 64.3 Å². The van der Waals surface area contributed by atoms with Crippen molar-refractivity contribution < 1.29 is 9.90 Å². The maximum atomic E-state index is 12.1. The monoisotopic (exact) mass is 432 g/mol. The summed E-state index contributed by atoms with van der Waals surface area (Å²) in [5.41, 5.74) is 4.09. The lowest BCUT2D eigenvalue weighted by atomic mass is 10.2. The molecule has 1 amide bonds. The van der Waals surface area contributed by atoms with E-state index < -0.39 is 5.91 Å². The van der Waals surface area contributed by atoms with Gasteiger partial charge in [0.15, 0.2) is 5.69 Å². The molecule has 8 heteroatoms. The largest absolute Gasteiger partial charge is 0.507 e. The van der Waals surface area contributed by atoms with E-state index in [9.17, 15) is 9.90 Å². The molecule has 0 aliphatic heterocycles. The van der Waals surface area contributed by atoms with Gasteiger partial charge in [-0.1, -0.05) is 39.7 Å². The Morgan fingerprint density at radius 2 is 2.04 bits per heavy atom. The molecule has 1 aromatic heterocycles. The molecule has 26 heavy (non-hydrogen) atoms. The Kier molecular flexibility index (Phi) is 5.70. The molecule has 0 atom stereocenters. The van der Waals surface area contributed by atoms with Gasteiger partial charge >= 0.3 is 0 Å². The van der Waals surface area contributed by atoms with Gasteiger partial charge < -0.3 is 5.11 Å². The first kappa shape index (κ1) is 18.2. The normalized spacial score (nSPS) is 11.0. The first-order chi connectivity index (χ1) is 12.5. The van der Waals surface area contributed by atoms with Crippen molar-refractivity contribution in [2.24, 2.45) is 5.10 Å². The maximum Gasteiger partial charge on any atom is 0.291 e. The Bertz CT molecular complexity index is 954. The van der Waals surface area contributed by atoms with Crippen molar-refractivity contribution in [2.45, 2.75) is 6.54 Å². The van der Waals surface area contributed by atoms with E-state index in [4.69, 9.17) is 11.6 Å². The minimum Gasteiger partial charge on any atom is -0.507 e. The molecule has 3 aromatic rings. The maximum absolute atomic E-state index is 12.1. The number of nitrogens with zero attached hydrogens (tertiary/aromatic N) is 3. The number of hydrogen-bond acceptors (Lipinski definition) is 4. The van der Waals surface area contributed by atoms with Gasteiger partial charge in [0.2, 0.25) is 0 Å². The van der Waals surface area contributed by atoms with E-state index in [1.54, 1.807) is 29.1 Å². The zero-order valence-electron chi connectivity index (χ0n) is 13.4. The van der Waals surface area contributed by atoms with Gasteiger partial charge in [0.25, 0.3) is 5.91 Å². The number of amides is 1. The fourth-order valence-electron chi connectivity index (χ4n) is 2.19. The summed E-state index contributed by atoms with van der Waals surface area (Å²) in [4.78, 5) is 12.1. The van der Waals surface area contributed by atoms with Crippen LogP contribution < -0.4 is 5.43 Å². The van der Waals surface area contributed by atoms with Gasteiger partial charge in [-0.3, -0.25) is 9.48 Å². The summed E-state index contributed by atoms with van der Waals surface area (Å²) in [7, 11) is 0. The van der Waals surface area contributed by atoms with Gasteiger partial charge in [0, 0.05) is 21.3 Å². The lowest BCUT2D eigenvalue weighted by Gasteiger charge is -2.02. The fraction of sp³-hybridized carbons (Fsp3) is 0.0556. The van der Waals surface area contributed by atoms with Crippen LogP contribution in [0.1, 0.15) is 21.6 Å². The fourth-order valence-corrected chi connectivity index (χ4v) is 2.64. The molecule has 2 aromatic carbocycles. The smallest absolute Gasteiger partial charge is 0.291 e. The number of halogens is 2. The van der Waals surface area contributed by atoms with Gasteiger partial charge in [-0.05, 0) is 42.0 Å². The van der Waals surface area contributed by atoms with E-state index >= 15 is 0 Å². The Labute approximate surface area is 163 Å². The minimum atomic E-state index is -0.447. The zero-order chi connectivity index (χ0) is 18.5. The molecule has 0 radical (unpaired) electrons. The summed E-state index contributed by atoms with van der Waals surface area (Å²) in [6.07, 6.45) is 3.04. The molecule has 3 rings (SSSR count). The number of aromatic nitrogens is 2. The van der Waals surface area contributed by atoms with Crippen LogP contribution in [0.2, 0.25) is 5.02 Å². The van der Waals surface area contributed by atoms with Gasteiger partial charge in [-0.25, -0.2) is 5.43 Å². The van der Waals surface area contributed by atoms with Crippen molar-refractivity contribution in [3.8, 4) is 5.75 Å². The summed E-state index contributed by atoms with van der Waals surface area (Å²) >= 11 is 9.25. The van der Waals surface area contributed by atoms with Gasteiger partial charge in [-0.2, -0.15) is 10.2 Å². The lowest BCUT2D eigenvalue weighted by Crippen LogP contribution is -2.18. The van der Waals surface area contributed by atoms with E-state index in [-0.39, 0.29) is 11.4 Å². The summed E-state index contributed by atoms with van der Waals surface area (Å²) < 4.78 is 2.68. The van der Waals surface area contributed by atoms with Gasteiger partial charge in [-0.15, -0.1) is 0 Å². The molecule has 6 nitrogen and oxygen atoms in total. The molecule has 0 saturated carbocycles. The second kappa shape index (κ2) is 8.16. The number of aromatic hydroxyl groups is 1. The van der Waals surface area contributed by atoms with Crippen LogP contribution in [0, 0.1) is 0 Å². The van der Waals surface area contributed by atoms with E-state index in [1.807, 2.05) is 24.3 Å². The van der Waals surface area contributed by atoms with Crippen LogP contribution in [0.25, 0.3) is 0 Å². The van der Waals surface area contributed by atoms with E-state index in [2.05, 4.69) is 31.6 Å². The topological polar surface area (TPSA) is 79.5 Å². The Morgan fingerprint density at radius 3 is 2.81 bits per heavy atom. The molecular formula is C18H14BrClN4O2. The molecular weight excluding hydrogens is 420 g/mol. The molecule has 0 fully saturated rings. The highest BCUT2D eigenvalue weighted by Gasteiger charge is 2.09. The van der Waals surface area contributed by atoms with Crippen LogP contribution in [-0.2, 0) is 6.54 Å². The third-order valence-corrected chi connectivity index (χ3v) is 4.25. The van der Waals surface area contributed by atoms with Crippen molar-refractivity contribution in [3.05, 3.63) is 81.0 Å².